The Kier molecular flexibility index (Phi) is 3.41. The fraction of sp³-hybridized carbons (Fsp3) is 0.308. The smallest absolute Gasteiger partial charge is 0.231 e. The van der Waals surface area contributed by atoms with Gasteiger partial charge in [0.25, 0.3) is 0 Å². The fourth-order valence-electron chi connectivity index (χ4n) is 5.17. The molecule has 7 rings (SSSR count). The number of ether oxygens (including phenoxy) is 6. The molecule has 4 aliphatic heterocycles. The van der Waals surface area contributed by atoms with Gasteiger partial charge in [0.05, 0.1) is 0 Å². The van der Waals surface area contributed by atoms with Gasteiger partial charge in [0.1, 0.15) is 22.7 Å². The van der Waals surface area contributed by atoms with Gasteiger partial charge in [-0.25, -0.2) is 0 Å². The van der Waals surface area contributed by atoms with Crippen molar-refractivity contribution >= 4 is 0 Å². The summed E-state index contributed by atoms with van der Waals surface area (Å²) >= 11 is 0. The molecule has 0 spiro atoms. The molecule has 2 atom stereocenters. The van der Waals surface area contributed by atoms with Crippen molar-refractivity contribution in [2.45, 2.75) is 37.9 Å². The normalized spacial score (nSPS) is 25.8. The van der Waals surface area contributed by atoms with Crippen LogP contribution in [0, 0.1) is 0 Å². The van der Waals surface area contributed by atoms with Crippen LogP contribution < -0.4 is 28.4 Å². The van der Waals surface area contributed by atoms with E-state index in [0.717, 1.165) is 69.6 Å². The zero-order valence-electron chi connectivity index (χ0n) is 17.9. The molecule has 0 saturated carbocycles. The third-order valence-electron chi connectivity index (χ3n) is 6.94. The van der Waals surface area contributed by atoms with Crippen LogP contribution in [0.3, 0.4) is 0 Å². The molecule has 0 aliphatic carbocycles. The molecule has 2 unspecified atom stereocenters. The second kappa shape index (κ2) is 6.03. The highest BCUT2D eigenvalue weighted by molar-refractivity contribution is 5.56. The Labute approximate surface area is 185 Å². The van der Waals surface area contributed by atoms with Gasteiger partial charge in [-0.3, -0.25) is 0 Å². The first-order valence-electron chi connectivity index (χ1n) is 10.8. The van der Waals surface area contributed by atoms with Crippen molar-refractivity contribution in [3.05, 3.63) is 70.8 Å². The molecule has 0 N–H and O–H groups in total. The second-order valence-electron chi connectivity index (χ2n) is 9.22. The molecule has 0 fully saturated rings. The summed E-state index contributed by atoms with van der Waals surface area (Å²) in [6.07, 6.45) is 1.53. The van der Waals surface area contributed by atoms with Gasteiger partial charge in [-0.05, 0) is 61.4 Å². The van der Waals surface area contributed by atoms with E-state index in [9.17, 15) is 0 Å². The molecule has 6 nitrogen and oxygen atoms in total. The van der Waals surface area contributed by atoms with E-state index < -0.39 is 11.2 Å². The van der Waals surface area contributed by atoms with E-state index in [-0.39, 0.29) is 13.6 Å². The Balaban J connectivity index is 1.18. The van der Waals surface area contributed by atoms with E-state index in [4.69, 9.17) is 28.4 Å². The summed E-state index contributed by atoms with van der Waals surface area (Å²) in [5, 5.41) is 0. The van der Waals surface area contributed by atoms with Crippen molar-refractivity contribution in [2.75, 3.05) is 13.6 Å². The average Bonchev–Trinajstić information content (AvgIpc) is 3.54. The molecule has 0 aromatic heterocycles. The second-order valence-corrected chi connectivity index (χ2v) is 9.22. The van der Waals surface area contributed by atoms with E-state index in [2.05, 4.69) is 38.1 Å². The molecule has 0 saturated heterocycles. The van der Waals surface area contributed by atoms with Gasteiger partial charge in [-0.2, -0.15) is 0 Å². The first kappa shape index (κ1) is 18.1. The Hall–Kier alpha value is -3.54. The van der Waals surface area contributed by atoms with Crippen LogP contribution in [0.1, 0.15) is 36.1 Å². The van der Waals surface area contributed by atoms with Gasteiger partial charge < -0.3 is 28.4 Å². The van der Waals surface area contributed by atoms with Crippen molar-refractivity contribution in [1.29, 1.82) is 0 Å². The van der Waals surface area contributed by atoms with Crippen molar-refractivity contribution in [2.24, 2.45) is 0 Å². The van der Waals surface area contributed by atoms with E-state index in [0.29, 0.717) is 0 Å². The molecule has 0 amide bonds. The number of fused-ring (bicyclic) bond motifs is 4. The van der Waals surface area contributed by atoms with Crippen LogP contribution in [-0.4, -0.2) is 13.6 Å². The Morgan fingerprint density at radius 3 is 1.44 bits per heavy atom. The highest BCUT2D eigenvalue weighted by atomic mass is 16.7. The molecule has 0 radical (unpaired) electrons. The average molecular weight is 430 g/mol. The zero-order chi connectivity index (χ0) is 21.5. The summed E-state index contributed by atoms with van der Waals surface area (Å²) in [6.45, 7) is 4.77. The van der Waals surface area contributed by atoms with E-state index in [1.54, 1.807) is 0 Å². The lowest BCUT2D eigenvalue weighted by atomic mass is 9.89. The number of rotatable bonds is 2. The standard InChI is InChI=1S/C26H22O6/c1-25(17-3-5-19-23(9-17)29-13-27-19)11-15-7-22-16(8-21(15)31-25)12-26(2,32-22)18-4-6-20-24(10-18)30-14-28-20/h3-10H,11-14H2,1-2H3. The minimum Gasteiger partial charge on any atom is -0.482 e. The SMILES string of the molecule is CC1(c2ccc3c(c2)OCO3)Cc2cc3c(cc2O1)CC(C)(c1ccc2c(c1)OCO2)O3. The highest BCUT2D eigenvalue weighted by Gasteiger charge is 2.42. The molecule has 162 valence electrons. The highest BCUT2D eigenvalue weighted by Crippen LogP contribution is 2.50. The molecule has 6 heteroatoms. The van der Waals surface area contributed by atoms with E-state index >= 15 is 0 Å². The predicted octanol–water partition coefficient (Wildman–Crippen LogP) is 4.84. The fourth-order valence-corrected chi connectivity index (χ4v) is 5.17. The van der Waals surface area contributed by atoms with Crippen LogP contribution in [-0.2, 0) is 24.0 Å². The number of hydrogen-bond donors (Lipinski definition) is 0. The molecular formula is C26H22O6. The van der Waals surface area contributed by atoms with Crippen LogP contribution in [0.15, 0.2) is 48.5 Å². The van der Waals surface area contributed by atoms with E-state index in [1.807, 2.05) is 24.3 Å². The molecule has 0 bridgehead atoms. The maximum atomic E-state index is 6.51. The summed E-state index contributed by atoms with van der Waals surface area (Å²) < 4.78 is 35.1. The van der Waals surface area contributed by atoms with Gasteiger partial charge in [-0.15, -0.1) is 0 Å². The molecule has 3 aromatic rings. The third-order valence-corrected chi connectivity index (χ3v) is 6.94. The van der Waals surface area contributed by atoms with Crippen LogP contribution in [0.5, 0.6) is 34.5 Å². The summed E-state index contributed by atoms with van der Waals surface area (Å²) in [7, 11) is 0. The lowest BCUT2D eigenvalue weighted by molar-refractivity contribution is 0.113. The number of hydrogen-bond acceptors (Lipinski definition) is 6. The minimum absolute atomic E-state index is 0.267. The summed E-state index contributed by atoms with van der Waals surface area (Å²) in [4.78, 5) is 0. The van der Waals surface area contributed by atoms with Gasteiger partial charge in [0.2, 0.25) is 13.6 Å². The summed E-state index contributed by atoms with van der Waals surface area (Å²) in [6, 6.07) is 16.3. The Bertz CT molecular complexity index is 1150. The molecule has 3 aromatic carbocycles. The Morgan fingerprint density at radius 2 is 0.969 bits per heavy atom. The lowest BCUT2D eigenvalue weighted by Gasteiger charge is -2.25. The summed E-state index contributed by atoms with van der Waals surface area (Å²) in [5.41, 5.74) is 3.53. The first-order chi connectivity index (χ1) is 15.5. The van der Waals surface area contributed by atoms with Gasteiger partial charge in [0, 0.05) is 24.0 Å². The maximum Gasteiger partial charge on any atom is 0.231 e. The molecular weight excluding hydrogens is 408 g/mol. The van der Waals surface area contributed by atoms with Crippen LogP contribution in [0.2, 0.25) is 0 Å². The molecule has 32 heavy (non-hydrogen) atoms. The largest absolute Gasteiger partial charge is 0.482 e. The van der Waals surface area contributed by atoms with Crippen molar-refractivity contribution in [1.82, 2.24) is 0 Å². The Morgan fingerprint density at radius 1 is 0.531 bits per heavy atom. The topological polar surface area (TPSA) is 55.4 Å². The quantitative estimate of drug-likeness (QED) is 0.580. The molecule has 4 heterocycles. The van der Waals surface area contributed by atoms with Crippen molar-refractivity contribution in [3.8, 4) is 34.5 Å². The van der Waals surface area contributed by atoms with Gasteiger partial charge in [0.15, 0.2) is 23.0 Å². The minimum atomic E-state index is -0.459. The monoisotopic (exact) mass is 430 g/mol. The lowest BCUT2D eigenvalue weighted by Crippen LogP contribution is -2.27. The third kappa shape index (κ3) is 2.52. The van der Waals surface area contributed by atoms with Crippen LogP contribution in [0.4, 0.5) is 0 Å². The van der Waals surface area contributed by atoms with Gasteiger partial charge in [-0.1, -0.05) is 12.1 Å². The molecule has 4 aliphatic rings. The van der Waals surface area contributed by atoms with Crippen molar-refractivity contribution < 1.29 is 28.4 Å². The van der Waals surface area contributed by atoms with E-state index in [1.165, 1.54) is 0 Å². The number of benzene rings is 3. The van der Waals surface area contributed by atoms with Crippen LogP contribution >= 0.6 is 0 Å². The van der Waals surface area contributed by atoms with Gasteiger partial charge >= 0.3 is 0 Å². The predicted molar refractivity (Wildman–Crippen MR) is 115 cm³/mol. The summed E-state index contributed by atoms with van der Waals surface area (Å²) in [5.74, 6) is 4.94. The van der Waals surface area contributed by atoms with Crippen LogP contribution in [0.25, 0.3) is 0 Å². The maximum absolute atomic E-state index is 6.51. The zero-order valence-corrected chi connectivity index (χ0v) is 17.9. The van der Waals surface area contributed by atoms with Crippen molar-refractivity contribution in [3.63, 3.8) is 0 Å². The first-order valence-corrected chi connectivity index (χ1v) is 10.8.